The van der Waals surface area contributed by atoms with Gasteiger partial charge in [-0.15, -0.1) is 12.4 Å². The maximum Gasteiger partial charge on any atom is 0.251 e. The third-order valence-corrected chi connectivity index (χ3v) is 2.57. The Labute approximate surface area is 114 Å². The van der Waals surface area contributed by atoms with Crippen LogP contribution in [0.3, 0.4) is 0 Å². The Balaban J connectivity index is 0.00000289. The van der Waals surface area contributed by atoms with Crippen LogP contribution in [0.4, 0.5) is 4.39 Å². The topological polar surface area (TPSA) is 41.1 Å². The number of rotatable bonds is 5. The van der Waals surface area contributed by atoms with Gasteiger partial charge in [-0.05, 0) is 38.1 Å². The Kier molecular flexibility index (Phi) is 7.55. The van der Waals surface area contributed by atoms with E-state index in [-0.39, 0.29) is 30.2 Å². The zero-order valence-electron chi connectivity index (χ0n) is 10.9. The van der Waals surface area contributed by atoms with Crippen LogP contribution in [-0.4, -0.2) is 25.0 Å². The number of halogens is 2. The lowest BCUT2D eigenvalue weighted by Gasteiger charge is -2.14. The van der Waals surface area contributed by atoms with E-state index in [0.717, 1.165) is 12.1 Å². The zero-order valence-corrected chi connectivity index (χ0v) is 11.7. The van der Waals surface area contributed by atoms with Crippen molar-refractivity contribution in [1.29, 1.82) is 0 Å². The molecule has 5 heteroatoms. The molecule has 0 fully saturated rings. The van der Waals surface area contributed by atoms with Gasteiger partial charge in [0.2, 0.25) is 0 Å². The molecule has 0 unspecified atom stereocenters. The highest BCUT2D eigenvalue weighted by atomic mass is 35.5. The summed E-state index contributed by atoms with van der Waals surface area (Å²) in [5, 5.41) is 5.97. The number of carbonyl (C=O) groups excluding carboxylic acids is 1. The van der Waals surface area contributed by atoms with Gasteiger partial charge < -0.3 is 10.6 Å². The fourth-order valence-electron chi connectivity index (χ4n) is 1.60. The van der Waals surface area contributed by atoms with Crippen LogP contribution in [0, 0.1) is 12.7 Å². The fourth-order valence-corrected chi connectivity index (χ4v) is 1.60. The van der Waals surface area contributed by atoms with Crippen LogP contribution in [0.2, 0.25) is 0 Å². The predicted molar refractivity (Wildman–Crippen MR) is 73.9 cm³/mol. The summed E-state index contributed by atoms with van der Waals surface area (Å²) in [7, 11) is 0. The van der Waals surface area contributed by atoms with E-state index in [4.69, 9.17) is 0 Å². The third kappa shape index (κ3) is 5.02. The van der Waals surface area contributed by atoms with Gasteiger partial charge in [0.15, 0.2) is 0 Å². The summed E-state index contributed by atoms with van der Waals surface area (Å²) in [5.41, 5.74) is 1.17. The van der Waals surface area contributed by atoms with E-state index in [2.05, 4.69) is 10.6 Å². The molecule has 3 nitrogen and oxygen atoms in total. The molecule has 0 spiro atoms. The number of aryl methyl sites for hydroxylation is 1. The molecule has 0 aliphatic rings. The van der Waals surface area contributed by atoms with E-state index >= 15 is 0 Å². The fraction of sp³-hybridized carbons (Fsp3) is 0.462. The molecule has 102 valence electrons. The van der Waals surface area contributed by atoms with Crippen molar-refractivity contribution >= 4 is 18.3 Å². The van der Waals surface area contributed by atoms with Gasteiger partial charge >= 0.3 is 0 Å². The first-order valence-electron chi connectivity index (χ1n) is 5.82. The highest BCUT2D eigenvalue weighted by Gasteiger charge is 2.10. The molecule has 1 atom stereocenters. The van der Waals surface area contributed by atoms with E-state index in [0.29, 0.717) is 12.1 Å². The molecule has 1 rings (SSSR count). The van der Waals surface area contributed by atoms with Crippen LogP contribution < -0.4 is 10.6 Å². The maximum atomic E-state index is 13.0. The molecule has 1 aromatic carbocycles. The predicted octanol–water partition coefficient (Wildman–Crippen LogP) is 2.28. The first-order valence-corrected chi connectivity index (χ1v) is 5.82. The Morgan fingerprint density at radius 3 is 2.72 bits per heavy atom. The molecular weight excluding hydrogens is 255 g/mol. The van der Waals surface area contributed by atoms with Gasteiger partial charge in [0.05, 0.1) is 0 Å². The van der Waals surface area contributed by atoms with Crippen LogP contribution in [0.5, 0.6) is 0 Å². The van der Waals surface area contributed by atoms with Gasteiger partial charge in [-0.25, -0.2) is 4.39 Å². The largest absolute Gasteiger partial charge is 0.350 e. The second kappa shape index (κ2) is 8.06. The van der Waals surface area contributed by atoms with Crippen LogP contribution >= 0.6 is 12.4 Å². The summed E-state index contributed by atoms with van der Waals surface area (Å²) in [6, 6.07) is 4.44. The van der Waals surface area contributed by atoms with E-state index < -0.39 is 0 Å². The van der Waals surface area contributed by atoms with Crippen LogP contribution in [0.15, 0.2) is 18.2 Å². The van der Waals surface area contributed by atoms with Crippen molar-refractivity contribution in [2.24, 2.45) is 0 Å². The highest BCUT2D eigenvalue weighted by molar-refractivity contribution is 5.95. The molecule has 1 amide bonds. The van der Waals surface area contributed by atoms with E-state index in [9.17, 15) is 9.18 Å². The van der Waals surface area contributed by atoms with Crippen molar-refractivity contribution in [3.63, 3.8) is 0 Å². The van der Waals surface area contributed by atoms with Gasteiger partial charge in [0.25, 0.3) is 5.91 Å². The normalized spacial score (nSPS) is 11.6. The summed E-state index contributed by atoms with van der Waals surface area (Å²) in [5.74, 6) is -0.618. The molecule has 0 bridgehead atoms. The van der Waals surface area contributed by atoms with Crippen molar-refractivity contribution in [2.45, 2.75) is 26.8 Å². The van der Waals surface area contributed by atoms with E-state index in [1.54, 1.807) is 13.0 Å². The Morgan fingerprint density at radius 1 is 1.44 bits per heavy atom. The number of carbonyl (C=O) groups is 1. The standard InChI is InChI=1S/C13H19FN2O.ClH/c1-4-15-10(3)8-16-13(17)12-7-11(14)6-5-9(12)2;/h5-7,10,15H,4,8H2,1-3H3,(H,16,17);1H/t10-;/m1./s1. The number of nitrogens with one attached hydrogen (secondary N) is 2. The van der Waals surface area contributed by atoms with Crippen LogP contribution in [0.1, 0.15) is 29.8 Å². The lowest BCUT2D eigenvalue weighted by Crippen LogP contribution is -2.39. The van der Waals surface area contributed by atoms with Gasteiger partial charge in [0, 0.05) is 18.2 Å². The SMILES string of the molecule is CCN[C@H](C)CNC(=O)c1cc(F)ccc1C.Cl. The minimum absolute atomic E-state index is 0. The monoisotopic (exact) mass is 274 g/mol. The van der Waals surface area contributed by atoms with Gasteiger partial charge in [-0.2, -0.15) is 0 Å². The summed E-state index contributed by atoms with van der Waals surface area (Å²) < 4.78 is 13.0. The summed E-state index contributed by atoms with van der Waals surface area (Å²) in [6.07, 6.45) is 0. The second-order valence-corrected chi connectivity index (χ2v) is 4.13. The molecular formula is C13H20ClFN2O. The van der Waals surface area contributed by atoms with Gasteiger partial charge in [-0.1, -0.05) is 13.0 Å². The lowest BCUT2D eigenvalue weighted by atomic mass is 10.1. The average Bonchev–Trinajstić information content (AvgIpc) is 2.29. The van der Waals surface area contributed by atoms with E-state index in [1.165, 1.54) is 12.1 Å². The van der Waals surface area contributed by atoms with Crippen molar-refractivity contribution in [1.82, 2.24) is 10.6 Å². The first kappa shape index (κ1) is 16.9. The molecule has 0 radical (unpaired) electrons. The minimum atomic E-state index is -0.388. The van der Waals surface area contributed by atoms with Crippen molar-refractivity contribution < 1.29 is 9.18 Å². The summed E-state index contributed by atoms with van der Waals surface area (Å²) in [6.45, 7) is 7.18. The molecule has 0 saturated carbocycles. The number of likely N-dealkylation sites (N-methyl/N-ethyl adjacent to an activating group) is 1. The molecule has 1 aromatic rings. The number of hydrogen-bond donors (Lipinski definition) is 2. The number of benzene rings is 1. The summed E-state index contributed by atoms with van der Waals surface area (Å²) in [4.78, 5) is 11.8. The molecule has 0 aliphatic heterocycles. The van der Waals surface area contributed by atoms with Crippen molar-refractivity contribution in [3.05, 3.63) is 35.1 Å². The molecule has 18 heavy (non-hydrogen) atoms. The van der Waals surface area contributed by atoms with E-state index in [1.807, 2.05) is 13.8 Å². The lowest BCUT2D eigenvalue weighted by molar-refractivity contribution is 0.0949. The molecule has 0 heterocycles. The molecule has 0 aromatic heterocycles. The Hall–Kier alpha value is -1.13. The summed E-state index contributed by atoms with van der Waals surface area (Å²) >= 11 is 0. The smallest absolute Gasteiger partial charge is 0.251 e. The van der Waals surface area contributed by atoms with Crippen LogP contribution in [-0.2, 0) is 0 Å². The minimum Gasteiger partial charge on any atom is -0.350 e. The zero-order chi connectivity index (χ0) is 12.8. The van der Waals surface area contributed by atoms with Gasteiger partial charge in [0.1, 0.15) is 5.82 Å². The number of amides is 1. The maximum absolute atomic E-state index is 13.0. The van der Waals surface area contributed by atoms with Crippen molar-refractivity contribution in [3.8, 4) is 0 Å². The van der Waals surface area contributed by atoms with Gasteiger partial charge in [-0.3, -0.25) is 4.79 Å². The second-order valence-electron chi connectivity index (χ2n) is 4.13. The first-order chi connectivity index (χ1) is 8.04. The quantitative estimate of drug-likeness (QED) is 0.865. The Morgan fingerprint density at radius 2 is 2.11 bits per heavy atom. The number of hydrogen-bond acceptors (Lipinski definition) is 2. The van der Waals surface area contributed by atoms with Crippen molar-refractivity contribution in [2.75, 3.05) is 13.1 Å². The highest BCUT2D eigenvalue weighted by Crippen LogP contribution is 2.09. The van der Waals surface area contributed by atoms with Crippen LogP contribution in [0.25, 0.3) is 0 Å². The molecule has 0 aliphatic carbocycles. The molecule has 0 saturated heterocycles. The molecule has 2 N–H and O–H groups in total. The third-order valence-electron chi connectivity index (χ3n) is 2.57. The Bertz CT molecular complexity index is 399. The average molecular weight is 275 g/mol.